The molecular weight excluding hydrogens is 236 g/mol. The van der Waals surface area contributed by atoms with Gasteiger partial charge in [-0.05, 0) is 25.8 Å². The summed E-state index contributed by atoms with van der Waals surface area (Å²) in [6.07, 6.45) is 2.27. The average molecular weight is 252 g/mol. The second-order valence-electron chi connectivity index (χ2n) is 3.81. The first-order valence-electron chi connectivity index (χ1n) is 5.17. The van der Waals surface area contributed by atoms with Crippen molar-refractivity contribution < 1.29 is 12.6 Å². The van der Waals surface area contributed by atoms with Gasteiger partial charge in [-0.15, -0.1) is 6.58 Å². The maximum atomic E-state index is 11.4. The molecule has 0 aliphatic rings. The van der Waals surface area contributed by atoms with E-state index >= 15 is 0 Å². The van der Waals surface area contributed by atoms with Crippen molar-refractivity contribution in [3.63, 3.8) is 0 Å². The smallest absolute Gasteiger partial charge is 0.331 e. The summed E-state index contributed by atoms with van der Waals surface area (Å²) >= 11 is 0. The van der Waals surface area contributed by atoms with Crippen LogP contribution in [0.4, 0.5) is 0 Å². The molecule has 1 rings (SSSR count). The Bertz CT molecular complexity index is 542. The Labute approximate surface area is 103 Å². The fraction of sp³-hybridized carbons (Fsp3) is 0.231. The Morgan fingerprint density at radius 1 is 1.29 bits per heavy atom. The first kappa shape index (κ1) is 13.5. The maximum Gasteiger partial charge on any atom is 0.331 e. The third-order valence-corrected chi connectivity index (χ3v) is 3.07. The molecule has 0 aromatic heterocycles. The van der Waals surface area contributed by atoms with Crippen molar-refractivity contribution in [3.05, 3.63) is 53.5 Å². The minimum Gasteiger partial charge on any atom is -0.379 e. The number of aryl methyl sites for hydroxylation is 2. The highest BCUT2D eigenvalue weighted by Gasteiger charge is 2.14. The van der Waals surface area contributed by atoms with Crippen molar-refractivity contribution in [1.29, 1.82) is 0 Å². The van der Waals surface area contributed by atoms with Crippen LogP contribution in [0.1, 0.15) is 16.7 Å². The summed E-state index contributed by atoms with van der Waals surface area (Å²) in [4.78, 5) is 0. The number of benzene rings is 1. The van der Waals surface area contributed by atoms with Crippen molar-refractivity contribution in [1.82, 2.24) is 0 Å². The number of rotatable bonds is 5. The molecule has 0 bridgehead atoms. The van der Waals surface area contributed by atoms with Gasteiger partial charge in [-0.3, -0.25) is 0 Å². The molecule has 0 aliphatic heterocycles. The van der Waals surface area contributed by atoms with Crippen LogP contribution in [0.25, 0.3) is 0 Å². The molecule has 1 aromatic rings. The zero-order chi connectivity index (χ0) is 13.1. The van der Waals surface area contributed by atoms with E-state index in [1.54, 1.807) is 6.08 Å². The van der Waals surface area contributed by atoms with Crippen LogP contribution in [0.2, 0.25) is 0 Å². The average Bonchev–Trinajstić information content (AvgIpc) is 2.24. The Balaban J connectivity index is 3.30. The fourth-order valence-corrected chi connectivity index (χ4v) is 2.16. The molecule has 0 unspecified atom stereocenters. The van der Waals surface area contributed by atoms with Crippen molar-refractivity contribution in [3.8, 4) is 5.75 Å². The van der Waals surface area contributed by atoms with E-state index in [4.69, 9.17) is 4.18 Å². The Kier molecular flexibility index (Phi) is 4.12. The third kappa shape index (κ3) is 3.46. The number of allylic oxidation sites excluding steroid dienone is 1. The van der Waals surface area contributed by atoms with Crippen LogP contribution >= 0.6 is 0 Å². The highest BCUT2D eigenvalue weighted by Crippen LogP contribution is 2.27. The topological polar surface area (TPSA) is 43.4 Å². The molecule has 1 aromatic carbocycles. The van der Waals surface area contributed by atoms with Crippen molar-refractivity contribution >= 4 is 10.1 Å². The lowest BCUT2D eigenvalue weighted by Crippen LogP contribution is -2.08. The van der Waals surface area contributed by atoms with Crippen LogP contribution in [-0.2, 0) is 16.5 Å². The first-order chi connectivity index (χ1) is 7.89. The third-order valence-electron chi connectivity index (χ3n) is 2.26. The molecule has 17 heavy (non-hydrogen) atoms. The van der Waals surface area contributed by atoms with E-state index in [0.29, 0.717) is 12.2 Å². The largest absolute Gasteiger partial charge is 0.379 e. The lowest BCUT2D eigenvalue weighted by molar-refractivity contribution is 0.492. The number of hydrogen-bond acceptors (Lipinski definition) is 3. The second kappa shape index (κ2) is 5.19. The standard InChI is InChI=1S/C13H16O3S/c1-5-7-12-9-10(3)8-11(4)13(12)16-17(14,15)6-2/h5-6,8-9H,1-2,7H2,3-4H3. The van der Waals surface area contributed by atoms with E-state index in [-0.39, 0.29) is 0 Å². The van der Waals surface area contributed by atoms with E-state index in [9.17, 15) is 8.42 Å². The van der Waals surface area contributed by atoms with Gasteiger partial charge in [-0.1, -0.05) is 30.4 Å². The van der Waals surface area contributed by atoms with Crippen molar-refractivity contribution in [2.75, 3.05) is 0 Å². The molecule has 0 saturated carbocycles. The van der Waals surface area contributed by atoms with Gasteiger partial charge >= 0.3 is 10.1 Å². The van der Waals surface area contributed by atoms with Gasteiger partial charge in [-0.25, -0.2) is 0 Å². The summed E-state index contributed by atoms with van der Waals surface area (Å²) in [5.74, 6) is 0.371. The normalized spacial score (nSPS) is 10.9. The summed E-state index contributed by atoms with van der Waals surface area (Å²) in [5, 5.41) is 0.796. The highest BCUT2D eigenvalue weighted by atomic mass is 32.2. The molecule has 0 amide bonds. The van der Waals surface area contributed by atoms with Crippen LogP contribution in [0.15, 0.2) is 36.8 Å². The molecule has 3 nitrogen and oxygen atoms in total. The summed E-state index contributed by atoms with van der Waals surface area (Å²) in [6.45, 7) is 10.6. The molecule has 0 heterocycles. The van der Waals surface area contributed by atoms with Gasteiger partial charge < -0.3 is 4.18 Å². The second-order valence-corrected chi connectivity index (χ2v) is 5.29. The molecular formula is C13H16O3S. The van der Waals surface area contributed by atoms with Gasteiger partial charge in [0, 0.05) is 5.56 Å². The zero-order valence-corrected chi connectivity index (χ0v) is 10.9. The Hall–Kier alpha value is -1.55. The quantitative estimate of drug-likeness (QED) is 0.598. The van der Waals surface area contributed by atoms with Gasteiger partial charge in [0.25, 0.3) is 0 Å². The monoisotopic (exact) mass is 252 g/mol. The van der Waals surface area contributed by atoms with Crippen molar-refractivity contribution in [2.45, 2.75) is 20.3 Å². The van der Waals surface area contributed by atoms with Crippen molar-refractivity contribution in [2.24, 2.45) is 0 Å². The van der Waals surface area contributed by atoms with Gasteiger partial charge in [0.15, 0.2) is 0 Å². The molecule has 92 valence electrons. The van der Waals surface area contributed by atoms with Crippen LogP contribution in [-0.4, -0.2) is 8.42 Å². The van der Waals surface area contributed by atoms with Crippen LogP contribution in [0, 0.1) is 13.8 Å². The molecule has 4 heteroatoms. The maximum absolute atomic E-state index is 11.4. The molecule has 0 aliphatic carbocycles. The molecule has 0 spiro atoms. The van der Waals surface area contributed by atoms with Crippen LogP contribution in [0.5, 0.6) is 5.75 Å². The van der Waals surface area contributed by atoms with Gasteiger partial charge in [0.2, 0.25) is 0 Å². The van der Waals surface area contributed by atoms with E-state index in [2.05, 4.69) is 13.2 Å². The lowest BCUT2D eigenvalue weighted by Gasteiger charge is -2.12. The first-order valence-corrected chi connectivity index (χ1v) is 6.64. The molecule has 0 radical (unpaired) electrons. The summed E-state index contributed by atoms with van der Waals surface area (Å²) in [7, 11) is -3.72. The van der Waals surface area contributed by atoms with Gasteiger partial charge in [0.1, 0.15) is 5.75 Å². The minimum atomic E-state index is -3.72. The van der Waals surface area contributed by atoms with Crippen LogP contribution < -0.4 is 4.18 Å². The number of hydrogen-bond donors (Lipinski definition) is 0. The lowest BCUT2D eigenvalue weighted by atomic mass is 10.0. The predicted octanol–water partition coefficient (Wildman–Crippen LogP) is 2.88. The van der Waals surface area contributed by atoms with E-state index in [1.807, 2.05) is 26.0 Å². The predicted molar refractivity (Wildman–Crippen MR) is 69.6 cm³/mol. The fourth-order valence-electron chi connectivity index (χ4n) is 1.62. The summed E-state index contributed by atoms with van der Waals surface area (Å²) < 4.78 is 27.8. The van der Waals surface area contributed by atoms with E-state index in [1.165, 1.54) is 0 Å². The molecule has 0 saturated heterocycles. The summed E-state index contributed by atoms with van der Waals surface area (Å²) in [5.41, 5.74) is 2.65. The van der Waals surface area contributed by atoms with Gasteiger partial charge in [0.05, 0.1) is 5.41 Å². The molecule has 0 atom stereocenters. The molecule has 0 N–H and O–H groups in total. The van der Waals surface area contributed by atoms with Crippen LogP contribution in [0.3, 0.4) is 0 Å². The zero-order valence-electron chi connectivity index (χ0n) is 10.1. The van der Waals surface area contributed by atoms with E-state index < -0.39 is 10.1 Å². The minimum absolute atomic E-state index is 0.371. The Morgan fingerprint density at radius 2 is 1.94 bits per heavy atom. The van der Waals surface area contributed by atoms with Gasteiger partial charge in [-0.2, -0.15) is 8.42 Å². The summed E-state index contributed by atoms with van der Waals surface area (Å²) in [6, 6.07) is 3.77. The van der Waals surface area contributed by atoms with E-state index in [0.717, 1.165) is 22.1 Å². The molecule has 0 fully saturated rings. The highest BCUT2D eigenvalue weighted by molar-refractivity contribution is 7.90. The Morgan fingerprint density at radius 3 is 2.47 bits per heavy atom. The SMILES string of the molecule is C=CCc1cc(C)cc(C)c1OS(=O)(=O)C=C.